The van der Waals surface area contributed by atoms with Crippen LogP contribution in [0.25, 0.3) is 0 Å². The molecule has 2 aromatic carbocycles. The van der Waals surface area contributed by atoms with Crippen LogP contribution in [0.2, 0.25) is 5.02 Å². The molecule has 3 atom stereocenters. The molecule has 3 unspecified atom stereocenters. The standard InChI is InChI=1S/C27H27ClFN3O/c1-17-14-23(24(15-17)27(33)31-21-9-7-20(28)8-10-21)19(3)30-26-12-11-22(16-25(26)29)32-13-5-4-6-18(32)2/h4-13,16-17,23-24,30H,2-3,14-15H2,1H3,(H,31,33). The van der Waals surface area contributed by atoms with E-state index in [1.165, 1.54) is 6.07 Å². The van der Waals surface area contributed by atoms with Crippen LogP contribution in [-0.2, 0) is 4.79 Å². The Morgan fingerprint density at radius 3 is 2.52 bits per heavy atom. The van der Waals surface area contributed by atoms with E-state index in [4.69, 9.17) is 11.6 Å². The average molecular weight is 464 g/mol. The van der Waals surface area contributed by atoms with Gasteiger partial charge in [0.15, 0.2) is 0 Å². The molecular formula is C27H27ClFN3O. The van der Waals surface area contributed by atoms with Gasteiger partial charge < -0.3 is 15.5 Å². The van der Waals surface area contributed by atoms with E-state index in [0.29, 0.717) is 33.7 Å². The molecular weight excluding hydrogens is 437 g/mol. The summed E-state index contributed by atoms with van der Waals surface area (Å²) in [6.07, 6.45) is 9.03. The van der Waals surface area contributed by atoms with Crippen molar-refractivity contribution < 1.29 is 9.18 Å². The number of nitrogens with one attached hydrogen (secondary N) is 2. The first-order valence-corrected chi connectivity index (χ1v) is 11.3. The summed E-state index contributed by atoms with van der Waals surface area (Å²) in [4.78, 5) is 14.8. The van der Waals surface area contributed by atoms with Gasteiger partial charge in [0.25, 0.3) is 0 Å². The molecule has 33 heavy (non-hydrogen) atoms. The molecule has 0 bridgehead atoms. The highest BCUT2D eigenvalue weighted by atomic mass is 35.5. The minimum absolute atomic E-state index is 0.0612. The zero-order valence-electron chi connectivity index (χ0n) is 18.5. The van der Waals surface area contributed by atoms with Gasteiger partial charge in [-0.15, -0.1) is 0 Å². The van der Waals surface area contributed by atoms with Crippen LogP contribution in [0.5, 0.6) is 0 Å². The summed E-state index contributed by atoms with van der Waals surface area (Å²) in [5.74, 6) is -0.425. The van der Waals surface area contributed by atoms with Crippen LogP contribution < -0.4 is 15.5 Å². The molecule has 2 aliphatic rings. The quantitative estimate of drug-likeness (QED) is 0.479. The van der Waals surface area contributed by atoms with E-state index in [2.05, 4.69) is 30.7 Å². The lowest BCUT2D eigenvalue weighted by atomic mass is 9.92. The number of halogens is 2. The number of allylic oxidation sites excluding steroid dienone is 4. The number of hydrogen-bond acceptors (Lipinski definition) is 3. The number of anilines is 3. The number of amides is 1. The number of hydrogen-bond donors (Lipinski definition) is 2. The third-order valence-corrected chi connectivity index (χ3v) is 6.42. The summed E-state index contributed by atoms with van der Waals surface area (Å²) in [6.45, 7) is 10.3. The third kappa shape index (κ3) is 5.20. The smallest absolute Gasteiger partial charge is 0.228 e. The van der Waals surface area contributed by atoms with E-state index in [1.807, 2.05) is 35.4 Å². The maximum atomic E-state index is 14.9. The van der Waals surface area contributed by atoms with E-state index in [1.54, 1.807) is 30.3 Å². The van der Waals surface area contributed by atoms with Crippen molar-refractivity contribution in [2.75, 3.05) is 15.5 Å². The Morgan fingerprint density at radius 1 is 1.09 bits per heavy atom. The fourth-order valence-corrected chi connectivity index (χ4v) is 4.61. The zero-order valence-corrected chi connectivity index (χ0v) is 19.3. The lowest BCUT2D eigenvalue weighted by Gasteiger charge is -2.25. The molecule has 1 aliphatic heterocycles. The second kappa shape index (κ2) is 9.67. The maximum absolute atomic E-state index is 14.9. The van der Waals surface area contributed by atoms with Crippen LogP contribution in [0.3, 0.4) is 0 Å². The van der Waals surface area contributed by atoms with Gasteiger partial charge in [-0.2, -0.15) is 0 Å². The number of carbonyl (C=O) groups excluding carboxylic acids is 1. The van der Waals surface area contributed by atoms with Gasteiger partial charge in [-0.3, -0.25) is 4.79 Å². The van der Waals surface area contributed by atoms with Gasteiger partial charge in [-0.05, 0) is 67.3 Å². The van der Waals surface area contributed by atoms with Crippen molar-refractivity contribution in [2.45, 2.75) is 19.8 Å². The van der Waals surface area contributed by atoms with Crippen LogP contribution in [0, 0.1) is 23.6 Å². The SMILES string of the molecule is C=C(Nc1ccc(N2C=CC=CC2=C)cc1F)C1CC(C)CC1C(=O)Nc1ccc(Cl)cc1. The second-order valence-electron chi connectivity index (χ2n) is 8.66. The fourth-order valence-electron chi connectivity index (χ4n) is 4.49. The molecule has 6 heteroatoms. The number of rotatable bonds is 6. The molecule has 170 valence electrons. The third-order valence-electron chi connectivity index (χ3n) is 6.16. The number of nitrogens with zero attached hydrogens (tertiary/aromatic N) is 1. The van der Waals surface area contributed by atoms with Gasteiger partial charge >= 0.3 is 0 Å². The van der Waals surface area contributed by atoms with E-state index in [-0.39, 0.29) is 17.7 Å². The van der Waals surface area contributed by atoms with Gasteiger partial charge in [0, 0.05) is 51.9 Å². The second-order valence-corrected chi connectivity index (χ2v) is 9.10. The van der Waals surface area contributed by atoms with E-state index >= 15 is 0 Å². The van der Waals surface area contributed by atoms with Crippen molar-refractivity contribution >= 4 is 34.6 Å². The van der Waals surface area contributed by atoms with Crippen molar-refractivity contribution in [3.63, 3.8) is 0 Å². The molecule has 1 amide bonds. The maximum Gasteiger partial charge on any atom is 0.228 e. The van der Waals surface area contributed by atoms with Crippen LogP contribution >= 0.6 is 11.6 Å². The first-order valence-electron chi connectivity index (χ1n) is 11.0. The summed E-state index contributed by atoms with van der Waals surface area (Å²) in [5.41, 5.74) is 3.13. The summed E-state index contributed by atoms with van der Waals surface area (Å²) in [6, 6.07) is 12.0. The van der Waals surface area contributed by atoms with Crippen LogP contribution in [0.1, 0.15) is 19.8 Å². The molecule has 0 aromatic heterocycles. The Labute approximate surface area is 199 Å². The van der Waals surface area contributed by atoms with Crippen LogP contribution in [-0.4, -0.2) is 5.91 Å². The Kier molecular flexibility index (Phi) is 6.70. The highest BCUT2D eigenvalue weighted by Crippen LogP contribution is 2.41. The normalized spacial score (nSPS) is 21.8. The summed E-state index contributed by atoms with van der Waals surface area (Å²) < 4.78 is 14.9. The van der Waals surface area contributed by atoms with Gasteiger partial charge in [-0.1, -0.05) is 37.8 Å². The fraction of sp³-hybridized carbons (Fsp3) is 0.222. The topological polar surface area (TPSA) is 44.4 Å². The minimum atomic E-state index is -0.391. The highest BCUT2D eigenvalue weighted by molar-refractivity contribution is 6.30. The predicted octanol–water partition coefficient (Wildman–Crippen LogP) is 7.11. The van der Waals surface area contributed by atoms with E-state index < -0.39 is 5.82 Å². The van der Waals surface area contributed by atoms with Crippen molar-refractivity contribution in [1.82, 2.24) is 0 Å². The molecule has 0 radical (unpaired) electrons. The Bertz CT molecular complexity index is 1140. The van der Waals surface area contributed by atoms with Gasteiger partial charge in [0.1, 0.15) is 5.82 Å². The summed E-state index contributed by atoms with van der Waals surface area (Å²) >= 11 is 5.93. The van der Waals surface area contributed by atoms with E-state index in [0.717, 1.165) is 18.5 Å². The van der Waals surface area contributed by atoms with Crippen molar-refractivity contribution in [2.24, 2.45) is 17.8 Å². The molecule has 0 saturated heterocycles. The molecule has 2 aromatic rings. The Balaban J connectivity index is 1.45. The summed E-state index contributed by atoms with van der Waals surface area (Å²) in [5, 5.41) is 6.72. The predicted molar refractivity (Wildman–Crippen MR) is 135 cm³/mol. The van der Waals surface area contributed by atoms with Crippen LogP contribution in [0.4, 0.5) is 21.5 Å². The average Bonchev–Trinajstić information content (AvgIpc) is 3.19. The van der Waals surface area contributed by atoms with Gasteiger partial charge in [0.2, 0.25) is 5.91 Å². The zero-order chi connectivity index (χ0) is 23.5. The van der Waals surface area contributed by atoms with Crippen molar-refractivity contribution in [1.29, 1.82) is 0 Å². The molecule has 4 nitrogen and oxygen atoms in total. The van der Waals surface area contributed by atoms with Gasteiger partial charge in [-0.25, -0.2) is 4.39 Å². The minimum Gasteiger partial charge on any atom is -0.357 e. The van der Waals surface area contributed by atoms with E-state index in [9.17, 15) is 9.18 Å². The van der Waals surface area contributed by atoms with Gasteiger partial charge in [0.05, 0.1) is 5.69 Å². The molecule has 1 aliphatic carbocycles. The first kappa shape index (κ1) is 22.9. The molecule has 1 saturated carbocycles. The molecule has 1 heterocycles. The lowest BCUT2D eigenvalue weighted by Crippen LogP contribution is -2.28. The van der Waals surface area contributed by atoms with Crippen LogP contribution in [0.15, 0.2) is 91.4 Å². The molecule has 2 N–H and O–H groups in total. The molecule has 1 fully saturated rings. The van der Waals surface area contributed by atoms with Crippen molar-refractivity contribution in [3.8, 4) is 0 Å². The number of benzene rings is 2. The Hall–Kier alpha value is -3.31. The molecule has 4 rings (SSSR count). The monoisotopic (exact) mass is 463 g/mol. The lowest BCUT2D eigenvalue weighted by molar-refractivity contribution is -0.120. The van der Waals surface area contributed by atoms with Crippen molar-refractivity contribution in [3.05, 3.63) is 102 Å². The highest BCUT2D eigenvalue weighted by Gasteiger charge is 2.38. The Morgan fingerprint density at radius 2 is 1.82 bits per heavy atom. The largest absolute Gasteiger partial charge is 0.357 e. The first-order chi connectivity index (χ1) is 15.8. The number of carbonyl (C=O) groups is 1. The molecule has 0 spiro atoms. The summed E-state index contributed by atoms with van der Waals surface area (Å²) in [7, 11) is 0.